The maximum Gasteiger partial charge on any atom is 0.270 e. The van der Waals surface area contributed by atoms with Crippen molar-refractivity contribution in [3.05, 3.63) is 80.1 Å². The van der Waals surface area contributed by atoms with Crippen LogP contribution in [0.2, 0.25) is 5.02 Å². The van der Waals surface area contributed by atoms with Gasteiger partial charge in [0, 0.05) is 16.7 Å². The van der Waals surface area contributed by atoms with Crippen molar-refractivity contribution < 1.29 is 8.78 Å². The first-order chi connectivity index (χ1) is 13.4. The van der Waals surface area contributed by atoms with Gasteiger partial charge in [0.2, 0.25) is 5.95 Å². The smallest absolute Gasteiger partial charge is 0.270 e. The van der Waals surface area contributed by atoms with Crippen molar-refractivity contribution in [1.82, 2.24) is 9.97 Å². The minimum atomic E-state index is -0.846. The van der Waals surface area contributed by atoms with Crippen LogP contribution in [0.4, 0.5) is 14.7 Å². The number of rotatable bonds is 4. The molecule has 28 heavy (non-hydrogen) atoms. The highest BCUT2D eigenvalue weighted by molar-refractivity contribution is 6.33. The number of H-pyrrole nitrogens is 1. The number of aromatic nitrogens is 2. The third-order valence-corrected chi connectivity index (χ3v) is 4.19. The fraction of sp³-hybridized carbons (Fsp3) is 0.0526. The number of aromatic amines is 1. The van der Waals surface area contributed by atoms with Gasteiger partial charge in [0.15, 0.2) is 0 Å². The van der Waals surface area contributed by atoms with Crippen LogP contribution in [0.3, 0.4) is 0 Å². The van der Waals surface area contributed by atoms with Gasteiger partial charge in [0.1, 0.15) is 23.3 Å². The van der Waals surface area contributed by atoms with Gasteiger partial charge in [-0.15, -0.1) is 0 Å². The normalized spacial score (nSPS) is 10.8. The lowest BCUT2D eigenvalue weighted by Gasteiger charge is -2.07. The quantitative estimate of drug-likeness (QED) is 0.512. The van der Waals surface area contributed by atoms with Crippen LogP contribution in [-0.4, -0.2) is 16.2 Å². The molecule has 9 heteroatoms. The lowest BCUT2D eigenvalue weighted by atomic mass is 10.1. The van der Waals surface area contributed by atoms with Gasteiger partial charge in [-0.1, -0.05) is 41.9 Å². The van der Waals surface area contributed by atoms with Gasteiger partial charge in [0.25, 0.3) is 5.56 Å². The van der Waals surface area contributed by atoms with E-state index in [0.717, 1.165) is 12.3 Å². The molecule has 0 saturated heterocycles. The Morgan fingerprint density at radius 2 is 2.04 bits per heavy atom. The zero-order valence-electron chi connectivity index (χ0n) is 14.4. The number of nitriles is 1. The first-order valence-electron chi connectivity index (χ1n) is 7.95. The summed E-state index contributed by atoms with van der Waals surface area (Å²) in [6.07, 6.45) is 1.05. The maximum absolute atomic E-state index is 14.1. The SMILES string of the molecule is Cc1c(F)cc(Cl)c(C=NNc2nc(-c3ccccc3)c(C#N)c(=O)[nH]2)c1F. The summed E-state index contributed by atoms with van der Waals surface area (Å²) < 4.78 is 27.6. The first-order valence-corrected chi connectivity index (χ1v) is 8.33. The Balaban J connectivity index is 1.96. The Morgan fingerprint density at radius 3 is 2.71 bits per heavy atom. The zero-order valence-corrected chi connectivity index (χ0v) is 15.2. The van der Waals surface area contributed by atoms with Crippen LogP contribution in [0.15, 0.2) is 46.3 Å². The van der Waals surface area contributed by atoms with E-state index in [1.54, 1.807) is 30.3 Å². The van der Waals surface area contributed by atoms with E-state index >= 15 is 0 Å². The lowest BCUT2D eigenvalue weighted by molar-refractivity contribution is 0.567. The third kappa shape index (κ3) is 3.75. The zero-order chi connectivity index (χ0) is 20.3. The molecule has 3 rings (SSSR count). The van der Waals surface area contributed by atoms with Gasteiger partial charge in [-0.05, 0) is 13.0 Å². The van der Waals surface area contributed by atoms with Gasteiger partial charge in [-0.2, -0.15) is 10.4 Å². The number of halogens is 3. The molecule has 140 valence electrons. The summed E-state index contributed by atoms with van der Waals surface area (Å²) >= 11 is 5.85. The van der Waals surface area contributed by atoms with Gasteiger partial charge >= 0.3 is 0 Å². The van der Waals surface area contributed by atoms with Crippen molar-refractivity contribution in [3.63, 3.8) is 0 Å². The molecule has 0 saturated carbocycles. The molecule has 0 spiro atoms. The van der Waals surface area contributed by atoms with Crippen molar-refractivity contribution in [2.75, 3.05) is 5.43 Å². The summed E-state index contributed by atoms with van der Waals surface area (Å²) in [5.41, 5.74) is 2.08. The standard InChI is InChI=1S/C19H12ClF2N5O/c1-10-15(21)7-14(20)13(16(10)22)9-24-27-19-25-17(11-5-3-2-4-6-11)12(8-23)18(28)26-19/h2-7,9H,1H3,(H2,25,26,27,28). The molecule has 0 unspecified atom stereocenters. The molecule has 2 aromatic carbocycles. The number of hydrogen-bond acceptors (Lipinski definition) is 5. The molecule has 0 amide bonds. The number of nitrogens with zero attached hydrogens (tertiary/aromatic N) is 3. The van der Waals surface area contributed by atoms with Gasteiger partial charge in [-0.25, -0.2) is 19.2 Å². The second-order valence-electron chi connectivity index (χ2n) is 5.68. The van der Waals surface area contributed by atoms with Gasteiger partial charge in [-0.3, -0.25) is 9.78 Å². The highest BCUT2D eigenvalue weighted by atomic mass is 35.5. The predicted molar refractivity (Wildman–Crippen MR) is 102 cm³/mol. The minimum absolute atomic E-state index is 0.0607. The highest BCUT2D eigenvalue weighted by Crippen LogP contribution is 2.23. The molecule has 6 nitrogen and oxygen atoms in total. The van der Waals surface area contributed by atoms with E-state index in [0.29, 0.717) is 5.56 Å². The average molecular weight is 400 g/mol. The topological polar surface area (TPSA) is 93.9 Å². The van der Waals surface area contributed by atoms with Gasteiger partial charge < -0.3 is 0 Å². The van der Waals surface area contributed by atoms with Crippen molar-refractivity contribution in [2.45, 2.75) is 6.92 Å². The van der Waals surface area contributed by atoms with E-state index in [-0.39, 0.29) is 33.4 Å². The number of anilines is 1. The molecule has 0 radical (unpaired) electrons. The van der Waals surface area contributed by atoms with Crippen molar-refractivity contribution >= 4 is 23.8 Å². The van der Waals surface area contributed by atoms with Crippen molar-refractivity contribution in [1.29, 1.82) is 5.26 Å². The Kier molecular flexibility index (Phi) is 5.47. The van der Waals surface area contributed by atoms with Gasteiger partial charge in [0.05, 0.1) is 16.9 Å². The van der Waals surface area contributed by atoms with Crippen LogP contribution in [0.5, 0.6) is 0 Å². The monoisotopic (exact) mass is 399 g/mol. The van der Waals surface area contributed by atoms with E-state index in [1.807, 2.05) is 6.07 Å². The lowest BCUT2D eigenvalue weighted by Crippen LogP contribution is -2.16. The average Bonchev–Trinajstić information content (AvgIpc) is 2.69. The largest absolute Gasteiger partial charge is 0.290 e. The number of hydrazone groups is 1. The minimum Gasteiger partial charge on any atom is -0.290 e. The molecule has 0 bridgehead atoms. The van der Waals surface area contributed by atoms with Crippen LogP contribution in [0, 0.1) is 29.9 Å². The molecule has 1 heterocycles. The van der Waals surface area contributed by atoms with Crippen LogP contribution in [0.1, 0.15) is 16.7 Å². The molecule has 0 aliphatic rings. The fourth-order valence-corrected chi connectivity index (χ4v) is 2.65. The Labute approximate surface area is 163 Å². The van der Waals surface area contributed by atoms with Crippen LogP contribution in [0.25, 0.3) is 11.3 Å². The van der Waals surface area contributed by atoms with E-state index < -0.39 is 17.2 Å². The molecule has 2 N–H and O–H groups in total. The summed E-state index contributed by atoms with van der Waals surface area (Å²) in [4.78, 5) is 18.7. The van der Waals surface area contributed by atoms with E-state index in [1.165, 1.54) is 6.92 Å². The maximum atomic E-state index is 14.1. The van der Waals surface area contributed by atoms with Crippen molar-refractivity contribution in [3.8, 4) is 17.3 Å². The van der Waals surface area contributed by atoms with Crippen molar-refractivity contribution in [2.24, 2.45) is 5.10 Å². The van der Waals surface area contributed by atoms with E-state index in [2.05, 4.69) is 20.5 Å². The summed E-state index contributed by atoms with van der Waals surface area (Å²) in [5, 5.41) is 12.9. The predicted octanol–water partition coefficient (Wildman–Crippen LogP) is 3.99. The first kappa shape index (κ1) is 19.2. The fourth-order valence-electron chi connectivity index (χ4n) is 2.42. The molecular formula is C19H12ClF2N5O. The molecule has 0 fully saturated rings. The molecule has 3 aromatic rings. The van der Waals surface area contributed by atoms with Crippen LogP contribution >= 0.6 is 11.6 Å². The summed E-state index contributed by atoms with van der Waals surface area (Å²) in [5.74, 6) is -1.67. The number of benzene rings is 2. The van der Waals surface area contributed by atoms with Crippen LogP contribution < -0.4 is 11.0 Å². The molecule has 0 aliphatic carbocycles. The summed E-state index contributed by atoms with van der Waals surface area (Å²) in [7, 11) is 0. The molecule has 0 atom stereocenters. The molecule has 0 aliphatic heterocycles. The van der Waals surface area contributed by atoms with Crippen LogP contribution in [-0.2, 0) is 0 Å². The van der Waals surface area contributed by atoms with E-state index in [4.69, 9.17) is 11.6 Å². The Morgan fingerprint density at radius 1 is 1.32 bits per heavy atom. The summed E-state index contributed by atoms with van der Waals surface area (Å²) in [6.45, 7) is 1.28. The molecule has 1 aromatic heterocycles. The Hall–Kier alpha value is -3.57. The second-order valence-corrected chi connectivity index (χ2v) is 6.09. The summed E-state index contributed by atoms with van der Waals surface area (Å²) in [6, 6.07) is 11.5. The highest BCUT2D eigenvalue weighted by Gasteiger charge is 2.14. The molecular weight excluding hydrogens is 388 g/mol. The Bertz CT molecular complexity index is 1170. The third-order valence-electron chi connectivity index (χ3n) is 3.88. The number of nitrogens with one attached hydrogen (secondary N) is 2. The second kappa shape index (κ2) is 7.98. The van der Waals surface area contributed by atoms with E-state index in [9.17, 15) is 18.8 Å². The number of hydrogen-bond donors (Lipinski definition) is 2.